The molecule has 0 spiro atoms. The Morgan fingerprint density at radius 2 is 2.00 bits per heavy atom. The summed E-state index contributed by atoms with van der Waals surface area (Å²) in [6, 6.07) is 7.41. The molecule has 0 saturated heterocycles. The van der Waals surface area contributed by atoms with Crippen molar-refractivity contribution in [2.75, 3.05) is 5.73 Å². The Balaban J connectivity index is 2.52. The van der Waals surface area contributed by atoms with Gasteiger partial charge in [0.25, 0.3) is 0 Å². The molecule has 1 aromatic rings. The average molecular weight is 171 g/mol. The van der Waals surface area contributed by atoms with Crippen LogP contribution in [0.15, 0.2) is 24.3 Å². The Labute approximate surface area is 69.3 Å². The summed E-state index contributed by atoms with van der Waals surface area (Å²) in [7, 11) is 0. The number of benzene rings is 1. The molecule has 0 aliphatic carbocycles. The lowest BCUT2D eigenvalue weighted by Gasteiger charge is -1.97. The Morgan fingerprint density at radius 3 is 2.55 bits per heavy atom. The first kappa shape index (κ1) is 8.39. The molecule has 11 heavy (non-hydrogen) atoms. The standard InChI is InChI=1S/C7H9NO2S/c8-7-3-1-6(2-4-7)5-11-10-9/h1-4,9H,5,8H2. The first-order valence-corrected chi connectivity index (χ1v) is 4.01. The van der Waals surface area contributed by atoms with E-state index in [2.05, 4.69) is 4.33 Å². The van der Waals surface area contributed by atoms with Gasteiger partial charge in [0.05, 0.1) is 0 Å². The molecular formula is C7H9NO2S. The van der Waals surface area contributed by atoms with Crippen molar-refractivity contribution in [1.29, 1.82) is 0 Å². The van der Waals surface area contributed by atoms with Crippen LogP contribution in [0.5, 0.6) is 0 Å². The molecule has 4 heteroatoms. The summed E-state index contributed by atoms with van der Waals surface area (Å²) in [4.78, 5) is 0. The monoisotopic (exact) mass is 171 g/mol. The van der Waals surface area contributed by atoms with E-state index in [1.54, 1.807) is 0 Å². The highest BCUT2D eigenvalue weighted by molar-refractivity contribution is 7.93. The number of nitrogen functional groups attached to an aromatic ring is 1. The third-order valence-corrected chi connectivity index (χ3v) is 1.81. The third-order valence-electron chi connectivity index (χ3n) is 1.26. The molecule has 0 amide bonds. The zero-order valence-electron chi connectivity index (χ0n) is 5.86. The largest absolute Gasteiger partial charge is 0.399 e. The van der Waals surface area contributed by atoms with E-state index >= 15 is 0 Å². The van der Waals surface area contributed by atoms with Crippen LogP contribution in [0.1, 0.15) is 5.56 Å². The highest BCUT2D eigenvalue weighted by Crippen LogP contribution is 2.13. The molecule has 3 N–H and O–H groups in total. The fourth-order valence-electron chi connectivity index (χ4n) is 0.708. The lowest BCUT2D eigenvalue weighted by molar-refractivity contribution is -0.116. The van der Waals surface area contributed by atoms with E-state index in [4.69, 9.17) is 11.0 Å². The van der Waals surface area contributed by atoms with Gasteiger partial charge in [-0.2, -0.15) is 4.33 Å². The Morgan fingerprint density at radius 1 is 1.36 bits per heavy atom. The molecule has 0 saturated carbocycles. The van der Waals surface area contributed by atoms with Gasteiger partial charge < -0.3 is 5.73 Å². The van der Waals surface area contributed by atoms with Crippen molar-refractivity contribution in [1.82, 2.24) is 0 Å². The van der Waals surface area contributed by atoms with Crippen LogP contribution < -0.4 is 5.73 Å². The smallest absolute Gasteiger partial charge is 0.0480 e. The summed E-state index contributed by atoms with van der Waals surface area (Å²) in [6.45, 7) is 0. The molecule has 0 atom stereocenters. The van der Waals surface area contributed by atoms with Crippen LogP contribution in [0.2, 0.25) is 0 Å². The molecule has 0 unspecified atom stereocenters. The normalized spacial score (nSPS) is 9.91. The van der Waals surface area contributed by atoms with Crippen molar-refractivity contribution in [3.63, 3.8) is 0 Å². The van der Waals surface area contributed by atoms with Crippen LogP contribution in [0.4, 0.5) is 5.69 Å². The lowest BCUT2D eigenvalue weighted by Crippen LogP contribution is -1.85. The Hall–Kier alpha value is -0.710. The van der Waals surface area contributed by atoms with Gasteiger partial charge in [-0.1, -0.05) is 12.1 Å². The van der Waals surface area contributed by atoms with Crippen LogP contribution in [-0.2, 0) is 10.1 Å². The fourth-order valence-corrected chi connectivity index (χ4v) is 1.09. The first-order chi connectivity index (χ1) is 5.33. The van der Waals surface area contributed by atoms with Gasteiger partial charge in [0.15, 0.2) is 0 Å². The number of anilines is 1. The topological polar surface area (TPSA) is 55.5 Å². The van der Waals surface area contributed by atoms with E-state index in [0.717, 1.165) is 23.3 Å². The van der Waals surface area contributed by atoms with Crippen molar-refractivity contribution in [2.45, 2.75) is 5.75 Å². The van der Waals surface area contributed by atoms with E-state index in [-0.39, 0.29) is 0 Å². The Bertz CT molecular complexity index is 212. The molecule has 60 valence electrons. The SMILES string of the molecule is Nc1ccc(CSOO)cc1. The van der Waals surface area contributed by atoms with Crippen LogP contribution >= 0.6 is 12.0 Å². The van der Waals surface area contributed by atoms with Crippen LogP contribution in [-0.4, -0.2) is 5.26 Å². The maximum atomic E-state index is 8.02. The Kier molecular flexibility index (Phi) is 3.22. The molecule has 0 radical (unpaired) electrons. The van der Waals surface area contributed by atoms with Gasteiger partial charge in [0, 0.05) is 23.5 Å². The quantitative estimate of drug-likeness (QED) is 0.315. The van der Waals surface area contributed by atoms with Crippen molar-refractivity contribution in [3.05, 3.63) is 29.8 Å². The van der Waals surface area contributed by atoms with Gasteiger partial charge in [-0.15, -0.1) is 0 Å². The van der Waals surface area contributed by atoms with Crippen molar-refractivity contribution >= 4 is 17.7 Å². The molecule has 0 aliphatic heterocycles. The number of nitrogens with two attached hydrogens (primary N) is 1. The third kappa shape index (κ3) is 2.80. The van der Waals surface area contributed by atoms with Gasteiger partial charge in [-0.25, -0.2) is 5.26 Å². The minimum absolute atomic E-state index is 0.622. The molecule has 0 heterocycles. The maximum Gasteiger partial charge on any atom is 0.0480 e. The summed E-state index contributed by atoms with van der Waals surface area (Å²) >= 11 is 0.982. The summed E-state index contributed by atoms with van der Waals surface area (Å²) in [6.07, 6.45) is 0. The molecule has 0 fully saturated rings. The molecule has 0 aromatic heterocycles. The van der Waals surface area contributed by atoms with E-state index < -0.39 is 0 Å². The first-order valence-electron chi connectivity index (χ1n) is 3.10. The van der Waals surface area contributed by atoms with Crippen molar-refractivity contribution in [2.24, 2.45) is 0 Å². The van der Waals surface area contributed by atoms with Gasteiger partial charge in [0.1, 0.15) is 0 Å². The van der Waals surface area contributed by atoms with Crippen LogP contribution in [0.3, 0.4) is 0 Å². The van der Waals surface area contributed by atoms with E-state index in [1.165, 1.54) is 0 Å². The second kappa shape index (κ2) is 4.23. The summed E-state index contributed by atoms with van der Waals surface area (Å²) in [5.74, 6) is 0.622. The zero-order chi connectivity index (χ0) is 8.10. The molecule has 1 aromatic carbocycles. The molecule has 3 nitrogen and oxygen atoms in total. The summed E-state index contributed by atoms with van der Waals surface area (Å²) in [5.41, 5.74) is 7.28. The van der Waals surface area contributed by atoms with Gasteiger partial charge >= 0.3 is 0 Å². The predicted octanol–water partition coefficient (Wildman–Crippen LogP) is 1.91. The van der Waals surface area contributed by atoms with Gasteiger partial charge in [-0.3, -0.25) is 0 Å². The van der Waals surface area contributed by atoms with Gasteiger partial charge in [0.2, 0.25) is 0 Å². The predicted molar refractivity (Wildman–Crippen MR) is 45.9 cm³/mol. The molecule has 0 bridgehead atoms. The minimum atomic E-state index is 0.622. The zero-order valence-corrected chi connectivity index (χ0v) is 6.67. The minimum Gasteiger partial charge on any atom is -0.399 e. The summed E-state index contributed by atoms with van der Waals surface area (Å²) < 4.78 is 3.86. The second-order valence-electron chi connectivity index (χ2n) is 2.08. The summed E-state index contributed by atoms with van der Waals surface area (Å²) in [5, 5.41) is 8.02. The van der Waals surface area contributed by atoms with Crippen molar-refractivity contribution in [3.8, 4) is 0 Å². The average Bonchev–Trinajstić information content (AvgIpc) is 2.04. The molecule has 1 rings (SSSR count). The van der Waals surface area contributed by atoms with E-state index in [1.807, 2.05) is 24.3 Å². The molecular weight excluding hydrogens is 162 g/mol. The van der Waals surface area contributed by atoms with Gasteiger partial charge in [-0.05, 0) is 17.7 Å². The highest BCUT2D eigenvalue weighted by atomic mass is 32.2. The number of rotatable bonds is 3. The van der Waals surface area contributed by atoms with Crippen LogP contribution in [0, 0.1) is 0 Å². The maximum absolute atomic E-state index is 8.02. The molecule has 0 aliphatic rings. The lowest BCUT2D eigenvalue weighted by atomic mass is 10.2. The van der Waals surface area contributed by atoms with Crippen molar-refractivity contribution < 1.29 is 9.59 Å². The van der Waals surface area contributed by atoms with Crippen LogP contribution in [0.25, 0.3) is 0 Å². The fraction of sp³-hybridized carbons (Fsp3) is 0.143. The number of hydrogen-bond acceptors (Lipinski definition) is 4. The van der Waals surface area contributed by atoms with E-state index in [9.17, 15) is 0 Å². The highest BCUT2D eigenvalue weighted by Gasteiger charge is 1.92. The van der Waals surface area contributed by atoms with E-state index in [0.29, 0.717) is 5.75 Å². The second-order valence-corrected chi connectivity index (χ2v) is 2.75. The number of hydrogen-bond donors (Lipinski definition) is 2.